The molecule has 1 saturated carbocycles. The number of anilines is 1. The molecule has 0 heterocycles. The molecular formula is C18H27NO2. The zero-order valence-corrected chi connectivity index (χ0v) is 13.1. The summed E-state index contributed by atoms with van der Waals surface area (Å²) in [6.45, 7) is 3.91. The Bertz CT molecular complexity index is 464. The van der Waals surface area contributed by atoms with E-state index >= 15 is 0 Å². The summed E-state index contributed by atoms with van der Waals surface area (Å²) in [5, 5.41) is 12.7. The highest BCUT2D eigenvalue weighted by molar-refractivity contribution is 5.91. The van der Waals surface area contributed by atoms with Crippen molar-refractivity contribution in [2.45, 2.75) is 58.5 Å². The maximum absolute atomic E-state index is 12.2. The van der Waals surface area contributed by atoms with Gasteiger partial charge in [-0.3, -0.25) is 4.79 Å². The van der Waals surface area contributed by atoms with Gasteiger partial charge in [0.25, 0.3) is 0 Å². The van der Waals surface area contributed by atoms with Crippen LogP contribution in [0.4, 0.5) is 5.69 Å². The highest BCUT2D eigenvalue weighted by atomic mass is 16.3. The van der Waals surface area contributed by atoms with Gasteiger partial charge in [-0.25, -0.2) is 0 Å². The fraction of sp³-hybridized carbons (Fsp3) is 0.611. The summed E-state index contributed by atoms with van der Waals surface area (Å²) in [6, 6.07) is 7.46. The fourth-order valence-electron chi connectivity index (χ4n) is 3.34. The van der Waals surface area contributed by atoms with E-state index in [9.17, 15) is 9.90 Å². The number of aliphatic hydroxyl groups excluding tert-OH is 1. The van der Waals surface area contributed by atoms with E-state index in [0.29, 0.717) is 18.3 Å². The number of para-hydroxylation sites is 1. The Hall–Kier alpha value is -1.35. The quantitative estimate of drug-likeness (QED) is 0.849. The first-order valence-electron chi connectivity index (χ1n) is 8.14. The largest absolute Gasteiger partial charge is 0.389 e. The lowest BCUT2D eigenvalue weighted by Gasteiger charge is -2.27. The highest BCUT2D eigenvalue weighted by Gasteiger charge is 2.22. The molecule has 0 aromatic heterocycles. The minimum atomic E-state index is -0.572. The average Bonchev–Trinajstić information content (AvgIpc) is 2.48. The Kier molecular flexibility index (Phi) is 5.80. The van der Waals surface area contributed by atoms with Gasteiger partial charge in [-0.2, -0.15) is 0 Å². The van der Waals surface area contributed by atoms with Gasteiger partial charge in [-0.05, 0) is 24.8 Å². The second kappa shape index (κ2) is 7.60. The van der Waals surface area contributed by atoms with Crippen molar-refractivity contribution in [3.63, 3.8) is 0 Å². The summed E-state index contributed by atoms with van der Waals surface area (Å²) in [5.41, 5.74) is 1.50. The third kappa shape index (κ3) is 4.57. The van der Waals surface area contributed by atoms with Crippen LogP contribution < -0.4 is 5.32 Å². The first kappa shape index (κ1) is 16.0. The SMILES string of the molecule is CC(O)c1ccccc1NC(=O)CC(C)C1CCCCC1. The third-order valence-corrected chi connectivity index (χ3v) is 4.65. The molecule has 1 aliphatic rings. The van der Waals surface area contributed by atoms with Gasteiger partial charge in [0.15, 0.2) is 0 Å². The molecule has 2 unspecified atom stereocenters. The number of amides is 1. The predicted molar refractivity (Wildman–Crippen MR) is 86.1 cm³/mol. The van der Waals surface area contributed by atoms with Gasteiger partial charge < -0.3 is 10.4 Å². The lowest BCUT2D eigenvalue weighted by atomic mass is 9.79. The molecular weight excluding hydrogens is 262 g/mol. The first-order chi connectivity index (χ1) is 10.1. The van der Waals surface area contributed by atoms with Gasteiger partial charge in [0, 0.05) is 17.7 Å². The number of carbonyl (C=O) groups is 1. The summed E-state index contributed by atoms with van der Waals surface area (Å²) in [6.07, 6.45) is 6.48. The minimum Gasteiger partial charge on any atom is -0.389 e. The standard InChI is InChI=1S/C18H27NO2/c1-13(15-8-4-3-5-9-15)12-18(21)19-17-11-7-6-10-16(17)14(2)20/h6-7,10-11,13-15,20H,3-5,8-9,12H2,1-2H3,(H,19,21). The predicted octanol–water partition coefficient (Wildman–Crippen LogP) is 4.28. The molecule has 0 spiro atoms. The summed E-state index contributed by atoms with van der Waals surface area (Å²) in [5.74, 6) is 1.18. The number of benzene rings is 1. The first-order valence-corrected chi connectivity index (χ1v) is 8.14. The molecule has 3 heteroatoms. The van der Waals surface area contributed by atoms with Gasteiger partial charge in [0.1, 0.15) is 0 Å². The summed E-state index contributed by atoms with van der Waals surface area (Å²) in [4.78, 5) is 12.2. The van der Waals surface area contributed by atoms with E-state index in [-0.39, 0.29) is 5.91 Å². The summed E-state index contributed by atoms with van der Waals surface area (Å²) in [7, 11) is 0. The molecule has 21 heavy (non-hydrogen) atoms. The van der Waals surface area contributed by atoms with Crippen LogP contribution in [-0.2, 0) is 4.79 Å². The molecule has 0 aliphatic heterocycles. The van der Waals surface area contributed by atoms with E-state index in [2.05, 4.69) is 12.2 Å². The van der Waals surface area contributed by atoms with Gasteiger partial charge in [0.2, 0.25) is 5.91 Å². The van der Waals surface area contributed by atoms with Crippen LogP contribution in [0, 0.1) is 11.8 Å². The Labute approximate surface area is 127 Å². The van der Waals surface area contributed by atoms with Crippen molar-refractivity contribution in [2.24, 2.45) is 11.8 Å². The van der Waals surface area contributed by atoms with E-state index in [0.717, 1.165) is 11.3 Å². The summed E-state index contributed by atoms with van der Waals surface area (Å²) < 4.78 is 0. The number of rotatable bonds is 5. The van der Waals surface area contributed by atoms with Crippen LogP contribution in [0.5, 0.6) is 0 Å². The van der Waals surface area contributed by atoms with E-state index in [1.807, 2.05) is 24.3 Å². The molecule has 3 nitrogen and oxygen atoms in total. The zero-order chi connectivity index (χ0) is 15.2. The van der Waals surface area contributed by atoms with Crippen LogP contribution in [0.2, 0.25) is 0 Å². The number of aliphatic hydroxyl groups is 1. The second-order valence-electron chi connectivity index (χ2n) is 6.39. The van der Waals surface area contributed by atoms with E-state index in [1.165, 1.54) is 32.1 Å². The number of hydrogen-bond donors (Lipinski definition) is 2. The molecule has 2 N–H and O–H groups in total. The number of hydrogen-bond acceptors (Lipinski definition) is 2. The van der Waals surface area contributed by atoms with Crippen molar-refractivity contribution >= 4 is 11.6 Å². The van der Waals surface area contributed by atoms with Crippen LogP contribution in [0.25, 0.3) is 0 Å². The molecule has 1 aromatic carbocycles. The lowest BCUT2D eigenvalue weighted by Crippen LogP contribution is -2.22. The minimum absolute atomic E-state index is 0.0566. The topological polar surface area (TPSA) is 49.3 Å². The molecule has 1 aromatic rings. The van der Waals surface area contributed by atoms with Gasteiger partial charge in [0.05, 0.1) is 6.10 Å². The van der Waals surface area contributed by atoms with E-state index < -0.39 is 6.10 Å². The van der Waals surface area contributed by atoms with E-state index in [1.54, 1.807) is 6.92 Å². The Morgan fingerprint density at radius 2 is 1.90 bits per heavy atom. The lowest BCUT2D eigenvalue weighted by molar-refractivity contribution is -0.117. The number of nitrogens with one attached hydrogen (secondary N) is 1. The Morgan fingerprint density at radius 3 is 2.57 bits per heavy atom. The van der Waals surface area contributed by atoms with Crippen molar-refractivity contribution in [1.82, 2.24) is 0 Å². The van der Waals surface area contributed by atoms with Crippen LogP contribution >= 0.6 is 0 Å². The van der Waals surface area contributed by atoms with Crippen LogP contribution in [0.3, 0.4) is 0 Å². The van der Waals surface area contributed by atoms with Gasteiger partial charge >= 0.3 is 0 Å². The Balaban J connectivity index is 1.92. The van der Waals surface area contributed by atoms with Crippen LogP contribution in [0.1, 0.15) is 64.0 Å². The van der Waals surface area contributed by atoms with E-state index in [4.69, 9.17) is 0 Å². The zero-order valence-electron chi connectivity index (χ0n) is 13.1. The normalized spacial score (nSPS) is 19.0. The molecule has 0 bridgehead atoms. The van der Waals surface area contributed by atoms with Crippen molar-refractivity contribution in [3.8, 4) is 0 Å². The number of carbonyl (C=O) groups excluding carboxylic acids is 1. The average molecular weight is 289 g/mol. The third-order valence-electron chi connectivity index (χ3n) is 4.65. The maximum Gasteiger partial charge on any atom is 0.224 e. The van der Waals surface area contributed by atoms with Crippen molar-refractivity contribution in [1.29, 1.82) is 0 Å². The van der Waals surface area contributed by atoms with Crippen molar-refractivity contribution in [2.75, 3.05) is 5.32 Å². The van der Waals surface area contributed by atoms with Crippen molar-refractivity contribution in [3.05, 3.63) is 29.8 Å². The molecule has 0 saturated heterocycles. The molecule has 2 atom stereocenters. The monoisotopic (exact) mass is 289 g/mol. The molecule has 1 amide bonds. The Morgan fingerprint density at radius 1 is 1.24 bits per heavy atom. The smallest absolute Gasteiger partial charge is 0.224 e. The molecule has 1 aliphatic carbocycles. The fourth-order valence-corrected chi connectivity index (χ4v) is 3.34. The molecule has 1 fully saturated rings. The second-order valence-corrected chi connectivity index (χ2v) is 6.39. The molecule has 116 valence electrons. The van der Waals surface area contributed by atoms with Crippen LogP contribution in [-0.4, -0.2) is 11.0 Å². The summed E-state index contributed by atoms with van der Waals surface area (Å²) >= 11 is 0. The van der Waals surface area contributed by atoms with Gasteiger partial charge in [-0.15, -0.1) is 0 Å². The highest BCUT2D eigenvalue weighted by Crippen LogP contribution is 2.32. The molecule has 2 rings (SSSR count). The van der Waals surface area contributed by atoms with Gasteiger partial charge in [-0.1, -0.05) is 57.2 Å². The maximum atomic E-state index is 12.2. The van der Waals surface area contributed by atoms with Crippen molar-refractivity contribution < 1.29 is 9.90 Å². The molecule has 0 radical (unpaired) electrons. The van der Waals surface area contributed by atoms with Crippen LogP contribution in [0.15, 0.2) is 24.3 Å².